The van der Waals surface area contributed by atoms with Crippen molar-refractivity contribution in [2.75, 3.05) is 14.2 Å². The molecule has 1 aliphatic rings. The summed E-state index contributed by atoms with van der Waals surface area (Å²) >= 11 is 0. The van der Waals surface area contributed by atoms with Crippen molar-refractivity contribution in [1.29, 1.82) is 0 Å². The molecule has 4 heteroatoms. The minimum atomic E-state index is -0.166. The number of carbonyl (C=O) groups excluding carboxylic acids is 2. The lowest BCUT2D eigenvalue weighted by Crippen LogP contribution is -2.65. The number of ketones is 1. The summed E-state index contributed by atoms with van der Waals surface area (Å²) in [6.45, 7) is 5.63. The average Bonchev–Trinajstić information content (AvgIpc) is 2.31. The van der Waals surface area contributed by atoms with Crippen LogP contribution in [-0.4, -0.2) is 42.9 Å². The number of hydrogen-bond acceptors (Lipinski definition) is 3. The molecule has 0 radical (unpaired) electrons. The zero-order valence-corrected chi connectivity index (χ0v) is 10.7. The van der Waals surface area contributed by atoms with E-state index in [0.717, 1.165) is 0 Å². The molecule has 0 aromatic carbocycles. The van der Waals surface area contributed by atoms with Crippen molar-refractivity contribution in [2.45, 2.75) is 39.3 Å². The van der Waals surface area contributed by atoms with E-state index in [1.54, 1.807) is 19.1 Å². The maximum Gasteiger partial charge on any atom is 0.230 e. The number of carbonyl (C=O) groups is 2. The van der Waals surface area contributed by atoms with Gasteiger partial charge in [0.1, 0.15) is 5.78 Å². The second-order valence-corrected chi connectivity index (χ2v) is 4.51. The largest absolute Gasteiger partial charge is 0.381 e. The number of rotatable bonds is 5. The van der Waals surface area contributed by atoms with Crippen molar-refractivity contribution in [3.05, 3.63) is 0 Å². The fourth-order valence-electron chi connectivity index (χ4n) is 2.47. The highest BCUT2D eigenvalue weighted by molar-refractivity contribution is 5.90. The topological polar surface area (TPSA) is 46.6 Å². The maximum atomic E-state index is 11.7. The lowest BCUT2D eigenvalue weighted by molar-refractivity contribution is -0.167. The number of β-lactam (4-membered cyclic amide) rings is 1. The maximum absolute atomic E-state index is 11.7. The van der Waals surface area contributed by atoms with Crippen LogP contribution in [0.3, 0.4) is 0 Å². The molecule has 1 amide bonds. The van der Waals surface area contributed by atoms with Crippen LogP contribution in [0, 0.1) is 11.8 Å². The zero-order valence-electron chi connectivity index (χ0n) is 10.7. The Bertz CT molecular complexity index is 290. The Kier molecular flexibility index (Phi) is 4.08. The van der Waals surface area contributed by atoms with E-state index in [1.165, 1.54) is 0 Å². The molecule has 1 heterocycles. The highest BCUT2D eigenvalue weighted by atomic mass is 16.5. The molecule has 16 heavy (non-hydrogen) atoms. The molecule has 1 fully saturated rings. The predicted octanol–water partition coefficient (Wildman–Crippen LogP) is 1.09. The van der Waals surface area contributed by atoms with Crippen LogP contribution in [0.15, 0.2) is 0 Å². The number of Topliss-reactive ketones (excluding diaryl/α,β-unsaturated/α-hetero) is 1. The summed E-state index contributed by atoms with van der Waals surface area (Å²) in [5.41, 5.74) is 0. The Morgan fingerprint density at radius 1 is 1.50 bits per heavy atom. The normalized spacial score (nSPS) is 28.6. The predicted molar refractivity (Wildman–Crippen MR) is 61.0 cm³/mol. The van der Waals surface area contributed by atoms with E-state index in [-0.39, 0.29) is 35.7 Å². The first-order chi connectivity index (χ1) is 7.45. The Balaban J connectivity index is 2.78. The van der Waals surface area contributed by atoms with Crippen LogP contribution in [0.1, 0.15) is 27.2 Å². The number of methoxy groups -OCH3 is 1. The first-order valence-electron chi connectivity index (χ1n) is 5.77. The summed E-state index contributed by atoms with van der Waals surface area (Å²) in [6.07, 6.45) is 0.397. The summed E-state index contributed by atoms with van der Waals surface area (Å²) in [5.74, 6) is 0.0172. The Morgan fingerprint density at radius 2 is 2.06 bits per heavy atom. The van der Waals surface area contributed by atoms with Gasteiger partial charge >= 0.3 is 0 Å². The summed E-state index contributed by atoms with van der Waals surface area (Å²) in [6, 6.07) is -0.00472. The average molecular weight is 227 g/mol. The van der Waals surface area contributed by atoms with Crippen molar-refractivity contribution in [2.24, 2.45) is 11.8 Å². The third-order valence-electron chi connectivity index (χ3n) is 3.69. The van der Waals surface area contributed by atoms with Gasteiger partial charge in [-0.1, -0.05) is 13.8 Å². The van der Waals surface area contributed by atoms with Crippen LogP contribution >= 0.6 is 0 Å². The van der Waals surface area contributed by atoms with Gasteiger partial charge in [-0.2, -0.15) is 0 Å². The van der Waals surface area contributed by atoms with Crippen LogP contribution in [0.25, 0.3) is 0 Å². The van der Waals surface area contributed by atoms with Gasteiger partial charge in [0.2, 0.25) is 5.91 Å². The highest BCUT2D eigenvalue weighted by Gasteiger charge is 2.51. The first-order valence-corrected chi connectivity index (χ1v) is 5.77. The zero-order chi connectivity index (χ0) is 12.5. The van der Waals surface area contributed by atoms with E-state index < -0.39 is 0 Å². The second-order valence-electron chi connectivity index (χ2n) is 4.51. The first kappa shape index (κ1) is 13.2. The van der Waals surface area contributed by atoms with Crippen molar-refractivity contribution in [3.8, 4) is 0 Å². The van der Waals surface area contributed by atoms with Gasteiger partial charge < -0.3 is 9.64 Å². The Labute approximate surface area is 96.9 Å². The highest BCUT2D eigenvalue weighted by Crippen LogP contribution is 2.34. The molecular formula is C12H21NO3. The fourth-order valence-corrected chi connectivity index (χ4v) is 2.47. The number of likely N-dealkylation sites (tertiary alicyclic amines) is 1. The smallest absolute Gasteiger partial charge is 0.230 e. The molecule has 4 unspecified atom stereocenters. The molecule has 4 nitrogen and oxygen atoms in total. The Hall–Kier alpha value is -0.900. The molecule has 0 aromatic rings. The van der Waals surface area contributed by atoms with Crippen LogP contribution in [0.4, 0.5) is 0 Å². The van der Waals surface area contributed by atoms with E-state index in [9.17, 15) is 9.59 Å². The van der Waals surface area contributed by atoms with Gasteiger partial charge in [-0.15, -0.1) is 0 Å². The lowest BCUT2D eigenvalue weighted by Gasteiger charge is -2.49. The summed E-state index contributed by atoms with van der Waals surface area (Å²) < 4.78 is 5.21. The molecule has 0 spiro atoms. The van der Waals surface area contributed by atoms with Gasteiger partial charge in [-0.3, -0.25) is 9.59 Å². The SMILES string of the molecule is CCC(=O)C(C)C1C(C(C)OC)C(=O)N1C. The van der Waals surface area contributed by atoms with Gasteiger partial charge in [0.05, 0.1) is 18.1 Å². The minimum Gasteiger partial charge on any atom is -0.381 e. The van der Waals surface area contributed by atoms with Crippen molar-refractivity contribution >= 4 is 11.7 Å². The monoisotopic (exact) mass is 227 g/mol. The van der Waals surface area contributed by atoms with Gasteiger partial charge in [0.25, 0.3) is 0 Å². The second kappa shape index (κ2) is 4.95. The fraction of sp³-hybridized carbons (Fsp3) is 0.833. The summed E-state index contributed by atoms with van der Waals surface area (Å²) in [5, 5.41) is 0. The molecule has 4 atom stereocenters. The quantitative estimate of drug-likeness (QED) is 0.661. The third kappa shape index (κ3) is 1.98. The van der Waals surface area contributed by atoms with Crippen molar-refractivity contribution < 1.29 is 14.3 Å². The van der Waals surface area contributed by atoms with E-state index in [1.807, 2.05) is 20.8 Å². The van der Waals surface area contributed by atoms with Crippen LogP contribution in [-0.2, 0) is 14.3 Å². The number of ether oxygens (including phenoxy) is 1. The lowest BCUT2D eigenvalue weighted by atomic mass is 9.75. The molecular weight excluding hydrogens is 206 g/mol. The molecule has 1 saturated heterocycles. The van der Waals surface area contributed by atoms with Crippen LogP contribution in [0.5, 0.6) is 0 Å². The molecule has 1 aliphatic heterocycles. The van der Waals surface area contributed by atoms with Gasteiger partial charge in [-0.25, -0.2) is 0 Å². The number of hydrogen-bond donors (Lipinski definition) is 0. The van der Waals surface area contributed by atoms with E-state index in [0.29, 0.717) is 6.42 Å². The summed E-state index contributed by atoms with van der Waals surface area (Å²) in [4.78, 5) is 25.1. The molecule has 1 rings (SSSR count). The van der Waals surface area contributed by atoms with E-state index >= 15 is 0 Å². The van der Waals surface area contributed by atoms with Gasteiger partial charge in [0.15, 0.2) is 0 Å². The van der Waals surface area contributed by atoms with Gasteiger partial charge in [0, 0.05) is 26.5 Å². The molecule has 0 aliphatic carbocycles. The Morgan fingerprint density at radius 3 is 2.50 bits per heavy atom. The number of nitrogens with zero attached hydrogens (tertiary/aromatic N) is 1. The van der Waals surface area contributed by atoms with Crippen LogP contribution in [0.2, 0.25) is 0 Å². The van der Waals surface area contributed by atoms with Crippen LogP contribution < -0.4 is 0 Å². The van der Waals surface area contributed by atoms with E-state index in [4.69, 9.17) is 4.74 Å². The summed E-state index contributed by atoms with van der Waals surface area (Å²) in [7, 11) is 3.35. The standard InChI is InChI=1S/C12H21NO3/c1-6-9(14)7(2)11-10(8(3)16-5)12(15)13(11)4/h7-8,10-11H,6H2,1-5H3. The van der Waals surface area contributed by atoms with Crippen molar-refractivity contribution in [3.63, 3.8) is 0 Å². The third-order valence-corrected chi connectivity index (χ3v) is 3.69. The molecule has 0 bridgehead atoms. The molecule has 0 saturated carbocycles. The minimum absolute atomic E-state index is 0.00472. The molecule has 0 aromatic heterocycles. The molecule has 0 N–H and O–H groups in total. The van der Waals surface area contributed by atoms with Crippen molar-refractivity contribution in [1.82, 2.24) is 4.90 Å². The number of amides is 1. The van der Waals surface area contributed by atoms with Gasteiger partial charge in [-0.05, 0) is 6.92 Å². The molecule has 92 valence electrons. The van der Waals surface area contributed by atoms with E-state index in [2.05, 4.69) is 0 Å².